The first kappa shape index (κ1) is 17.3. The van der Waals surface area contributed by atoms with Crippen LogP contribution in [0.5, 0.6) is 11.5 Å². The Morgan fingerprint density at radius 2 is 2.08 bits per heavy atom. The summed E-state index contributed by atoms with van der Waals surface area (Å²) in [5.41, 5.74) is 4.44. The zero-order valence-electron chi connectivity index (χ0n) is 13.7. The summed E-state index contributed by atoms with van der Waals surface area (Å²) in [5.74, 6) is 0.355. The Hall–Kier alpha value is -3.02. The van der Waals surface area contributed by atoms with Gasteiger partial charge in [0.25, 0.3) is 0 Å². The lowest BCUT2D eigenvalue weighted by Crippen LogP contribution is -1.99. The first-order valence-electron chi connectivity index (χ1n) is 7.57. The number of carboxylic acid groups (broad SMARTS) is 1. The maximum Gasteiger partial charge on any atom is 0.335 e. The van der Waals surface area contributed by atoms with Gasteiger partial charge in [-0.15, -0.1) is 0 Å². The minimum Gasteiger partial charge on any atom is -0.493 e. The number of rotatable bonds is 8. The van der Waals surface area contributed by atoms with Crippen molar-refractivity contribution in [3.05, 3.63) is 53.6 Å². The number of anilines is 1. The van der Waals surface area contributed by atoms with Crippen molar-refractivity contribution in [3.63, 3.8) is 0 Å². The molecule has 0 saturated carbocycles. The number of hydrogen-bond acceptors (Lipinski definition) is 5. The highest BCUT2D eigenvalue weighted by atomic mass is 16.5. The number of nitrogens with one attached hydrogen (secondary N) is 1. The van der Waals surface area contributed by atoms with Gasteiger partial charge in [0.1, 0.15) is 0 Å². The Kier molecular flexibility index (Phi) is 6.19. The monoisotopic (exact) mass is 328 g/mol. The van der Waals surface area contributed by atoms with Crippen LogP contribution in [-0.4, -0.2) is 31.0 Å². The summed E-state index contributed by atoms with van der Waals surface area (Å²) < 4.78 is 10.9. The average molecular weight is 328 g/mol. The van der Waals surface area contributed by atoms with Gasteiger partial charge in [-0.1, -0.05) is 13.0 Å². The van der Waals surface area contributed by atoms with Crippen molar-refractivity contribution >= 4 is 17.9 Å². The maximum absolute atomic E-state index is 10.9. The summed E-state index contributed by atoms with van der Waals surface area (Å²) in [6.07, 6.45) is 2.55. The largest absolute Gasteiger partial charge is 0.493 e. The minimum atomic E-state index is -0.977. The molecule has 0 aliphatic rings. The van der Waals surface area contributed by atoms with Crippen molar-refractivity contribution in [1.82, 2.24) is 0 Å². The molecule has 24 heavy (non-hydrogen) atoms. The lowest BCUT2D eigenvalue weighted by Gasteiger charge is -2.10. The molecule has 2 aromatic carbocycles. The van der Waals surface area contributed by atoms with Crippen molar-refractivity contribution in [2.75, 3.05) is 19.1 Å². The highest BCUT2D eigenvalue weighted by molar-refractivity contribution is 5.89. The summed E-state index contributed by atoms with van der Waals surface area (Å²) >= 11 is 0. The highest BCUT2D eigenvalue weighted by Gasteiger charge is 2.05. The van der Waals surface area contributed by atoms with E-state index in [0.29, 0.717) is 23.8 Å². The molecule has 0 unspecified atom stereocenters. The molecule has 0 fully saturated rings. The number of nitrogens with zero attached hydrogens (tertiary/aromatic N) is 1. The molecule has 0 heterocycles. The fraction of sp³-hybridized carbons (Fsp3) is 0.222. The zero-order chi connectivity index (χ0) is 17.4. The summed E-state index contributed by atoms with van der Waals surface area (Å²) in [6, 6.07) is 12.0. The van der Waals surface area contributed by atoms with Crippen LogP contribution < -0.4 is 14.9 Å². The summed E-state index contributed by atoms with van der Waals surface area (Å²) in [6.45, 7) is 2.67. The molecule has 6 nitrogen and oxygen atoms in total. The fourth-order valence-electron chi connectivity index (χ4n) is 2.00. The molecule has 6 heteroatoms. The average Bonchev–Trinajstić information content (AvgIpc) is 2.60. The molecule has 0 saturated heterocycles. The standard InChI is InChI=1S/C18H20N2O4/c1-3-9-24-16-8-7-13(10-17(16)23-2)12-19-20-15-6-4-5-14(11-15)18(21)22/h4-8,10-12,20H,3,9H2,1-2H3,(H,21,22)/b19-12+. The van der Waals surface area contributed by atoms with Gasteiger partial charge in [-0.3, -0.25) is 5.43 Å². The lowest BCUT2D eigenvalue weighted by atomic mass is 10.2. The summed E-state index contributed by atoms with van der Waals surface area (Å²) in [5, 5.41) is 13.1. The third-order valence-corrected chi connectivity index (χ3v) is 3.17. The molecule has 0 bridgehead atoms. The van der Waals surface area contributed by atoms with E-state index in [-0.39, 0.29) is 5.56 Å². The molecule has 0 aliphatic carbocycles. The van der Waals surface area contributed by atoms with E-state index in [1.165, 1.54) is 12.1 Å². The van der Waals surface area contributed by atoms with Gasteiger partial charge in [-0.2, -0.15) is 5.10 Å². The molecule has 0 aromatic heterocycles. The second-order valence-electron chi connectivity index (χ2n) is 5.01. The van der Waals surface area contributed by atoms with Crippen molar-refractivity contribution in [2.24, 2.45) is 5.10 Å². The quantitative estimate of drug-likeness (QED) is 0.571. The molecule has 0 radical (unpaired) electrons. The van der Waals surface area contributed by atoms with Crippen molar-refractivity contribution in [1.29, 1.82) is 0 Å². The number of aromatic carboxylic acids is 1. The normalized spacial score (nSPS) is 10.6. The van der Waals surface area contributed by atoms with Crippen LogP contribution in [0.15, 0.2) is 47.6 Å². The number of ether oxygens (including phenoxy) is 2. The molecule has 0 aliphatic heterocycles. The van der Waals surface area contributed by atoms with E-state index in [4.69, 9.17) is 14.6 Å². The van der Waals surface area contributed by atoms with Gasteiger partial charge in [-0.25, -0.2) is 4.79 Å². The minimum absolute atomic E-state index is 0.203. The highest BCUT2D eigenvalue weighted by Crippen LogP contribution is 2.27. The Labute approximate surface area is 140 Å². The van der Waals surface area contributed by atoms with Crippen LogP contribution in [0, 0.1) is 0 Å². The Morgan fingerprint density at radius 1 is 1.25 bits per heavy atom. The van der Waals surface area contributed by atoms with Crippen molar-refractivity contribution in [2.45, 2.75) is 13.3 Å². The van der Waals surface area contributed by atoms with E-state index in [1.807, 2.05) is 25.1 Å². The molecular formula is C18H20N2O4. The van der Waals surface area contributed by atoms with E-state index in [2.05, 4.69) is 10.5 Å². The number of hydrogen-bond donors (Lipinski definition) is 2. The second kappa shape index (κ2) is 8.57. The predicted molar refractivity (Wildman–Crippen MR) is 93.4 cm³/mol. The Balaban J connectivity index is 2.06. The number of hydrazone groups is 1. The van der Waals surface area contributed by atoms with E-state index >= 15 is 0 Å². The van der Waals surface area contributed by atoms with Gasteiger partial charge in [0.2, 0.25) is 0 Å². The van der Waals surface area contributed by atoms with E-state index in [0.717, 1.165) is 12.0 Å². The van der Waals surface area contributed by atoms with Crippen LogP contribution in [0.25, 0.3) is 0 Å². The van der Waals surface area contributed by atoms with E-state index in [1.54, 1.807) is 25.5 Å². The van der Waals surface area contributed by atoms with Crippen molar-refractivity contribution < 1.29 is 19.4 Å². The van der Waals surface area contributed by atoms with Gasteiger partial charge in [0.15, 0.2) is 11.5 Å². The molecule has 126 valence electrons. The number of carboxylic acids is 1. The first-order valence-corrected chi connectivity index (χ1v) is 7.57. The third-order valence-electron chi connectivity index (χ3n) is 3.17. The van der Waals surface area contributed by atoms with Crippen LogP contribution in [-0.2, 0) is 0 Å². The van der Waals surface area contributed by atoms with Crippen LogP contribution in [0.3, 0.4) is 0 Å². The van der Waals surface area contributed by atoms with Crippen LogP contribution >= 0.6 is 0 Å². The summed E-state index contributed by atoms with van der Waals surface area (Å²) in [7, 11) is 1.59. The topological polar surface area (TPSA) is 80.2 Å². The van der Waals surface area contributed by atoms with E-state index in [9.17, 15) is 4.79 Å². The zero-order valence-corrected chi connectivity index (χ0v) is 13.7. The number of methoxy groups -OCH3 is 1. The van der Waals surface area contributed by atoms with E-state index < -0.39 is 5.97 Å². The van der Waals surface area contributed by atoms with Gasteiger partial charge in [-0.05, 0) is 48.4 Å². The molecule has 2 aromatic rings. The molecular weight excluding hydrogens is 308 g/mol. The van der Waals surface area contributed by atoms with Crippen molar-refractivity contribution in [3.8, 4) is 11.5 Å². The van der Waals surface area contributed by atoms with Crippen LogP contribution in [0.4, 0.5) is 5.69 Å². The maximum atomic E-state index is 10.9. The SMILES string of the molecule is CCCOc1ccc(/C=N/Nc2cccc(C(=O)O)c2)cc1OC. The fourth-order valence-corrected chi connectivity index (χ4v) is 2.00. The van der Waals surface area contributed by atoms with Gasteiger partial charge < -0.3 is 14.6 Å². The predicted octanol–water partition coefficient (Wildman–Crippen LogP) is 3.63. The van der Waals surface area contributed by atoms with Gasteiger partial charge in [0.05, 0.1) is 31.2 Å². The molecule has 0 spiro atoms. The second-order valence-corrected chi connectivity index (χ2v) is 5.01. The Morgan fingerprint density at radius 3 is 2.79 bits per heavy atom. The van der Waals surface area contributed by atoms with Gasteiger partial charge >= 0.3 is 5.97 Å². The molecule has 2 N–H and O–H groups in total. The number of benzene rings is 2. The lowest BCUT2D eigenvalue weighted by molar-refractivity contribution is 0.0697. The summed E-state index contributed by atoms with van der Waals surface area (Å²) in [4.78, 5) is 10.9. The first-order chi connectivity index (χ1) is 11.6. The molecule has 2 rings (SSSR count). The smallest absolute Gasteiger partial charge is 0.335 e. The third kappa shape index (κ3) is 4.74. The molecule has 0 atom stereocenters. The molecule has 0 amide bonds. The van der Waals surface area contributed by atoms with Crippen LogP contribution in [0.1, 0.15) is 29.3 Å². The van der Waals surface area contributed by atoms with Crippen LogP contribution in [0.2, 0.25) is 0 Å². The van der Waals surface area contributed by atoms with Gasteiger partial charge in [0, 0.05) is 0 Å². The number of carbonyl (C=O) groups is 1. The Bertz CT molecular complexity index is 729.